The van der Waals surface area contributed by atoms with Crippen LogP contribution in [0.3, 0.4) is 0 Å². The molecule has 1 aromatic heterocycles. The number of benzene rings is 2. The molecule has 0 bridgehead atoms. The number of carbonyl (C=O) groups is 2. The molecule has 0 radical (unpaired) electrons. The normalized spacial score (nSPS) is 14.0. The maximum Gasteiger partial charge on any atom is 0.416 e. The quantitative estimate of drug-likeness (QED) is 0.516. The Morgan fingerprint density at radius 1 is 0.929 bits per heavy atom. The molecule has 2 aromatic carbocycles. The van der Waals surface area contributed by atoms with E-state index >= 15 is 0 Å². The monoisotopic (exact) mass is 389 g/mol. The van der Waals surface area contributed by atoms with Gasteiger partial charge in [0.2, 0.25) is 0 Å². The average Bonchev–Trinajstić information content (AvgIpc) is 2.91. The SMILES string of the molecule is O=C1c2c(c(O)c3nccnc3c2O)C(=O)N1Cc1cccc(C(F)(F)F)c1. The van der Waals surface area contributed by atoms with Crippen LogP contribution in [-0.2, 0) is 12.7 Å². The molecule has 2 amide bonds. The molecule has 28 heavy (non-hydrogen) atoms. The van der Waals surface area contributed by atoms with E-state index in [1.165, 1.54) is 18.5 Å². The molecule has 0 atom stereocenters. The molecule has 2 heterocycles. The number of amides is 2. The summed E-state index contributed by atoms with van der Waals surface area (Å²) in [5, 5.41) is 20.7. The van der Waals surface area contributed by atoms with E-state index in [0.29, 0.717) is 4.90 Å². The first-order valence-corrected chi connectivity index (χ1v) is 7.91. The first-order valence-electron chi connectivity index (χ1n) is 7.91. The lowest BCUT2D eigenvalue weighted by Crippen LogP contribution is -2.29. The van der Waals surface area contributed by atoms with Gasteiger partial charge in [0.1, 0.15) is 22.2 Å². The second-order valence-corrected chi connectivity index (χ2v) is 6.10. The molecule has 4 rings (SSSR count). The Balaban J connectivity index is 1.79. The van der Waals surface area contributed by atoms with Crippen molar-refractivity contribution in [3.05, 3.63) is 58.9 Å². The van der Waals surface area contributed by atoms with Gasteiger partial charge in [-0.3, -0.25) is 14.5 Å². The fourth-order valence-corrected chi connectivity index (χ4v) is 3.11. The van der Waals surface area contributed by atoms with Gasteiger partial charge in [0, 0.05) is 12.4 Å². The number of imide groups is 1. The van der Waals surface area contributed by atoms with E-state index < -0.39 is 52.7 Å². The van der Waals surface area contributed by atoms with Crippen molar-refractivity contribution < 1.29 is 33.0 Å². The van der Waals surface area contributed by atoms with E-state index in [1.54, 1.807) is 0 Å². The number of halogens is 3. The van der Waals surface area contributed by atoms with Crippen molar-refractivity contribution in [3.8, 4) is 11.5 Å². The Labute approximate surface area is 154 Å². The lowest BCUT2D eigenvalue weighted by molar-refractivity contribution is -0.137. The van der Waals surface area contributed by atoms with E-state index in [4.69, 9.17) is 0 Å². The maximum atomic E-state index is 12.9. The van der Waals surface area contributed by atoms with Crippen LogP contribution in [0.1, 0.15) is 31.8 Å². The van der Waals surface area contributed by atoms with Crippen LogP contribution in [0.2, 0.25) is 0 Å². The number of carbonyl (C=O) groups excluding carboxylic acids is 2. The Morgan fingerprint density at radius 2 is 1.46 bits per heavy atom. The van der Waals surface area contributed by atoms with Crippen molar-refractivity contribution in [1.29, 1.82) is 0 Å². The molecular formula is C18H10F3N3O4. The Bertz CT molecular complexity index is 1100. The lowest BCUT2D eigenvalue weighted by Gasteiger charge is -2.15. The van der Waals surface area contributed by atoms with Crippen LogP contribution in [-0.4, -0.2) is 36.9 Å². The molecule has 0 unspecified atom stereocenters. The molecule has 7 nitrogen and oxygen atoms in total. The third-order valence-corrected chi connectivity index (χ3v) is 4.38. The topological polar surface area (TPSA) is 104 Å². The zero-order chi connectivity index (χ0) is 20.2. The van der Waals surface area contributed by atoms with E-state index in [1.807, 2.05) is 0 Å². The number of phenolic OH excluding ortho intramolecular Hbond substituents is 2. The summed E-state index contributed by atoms with van der Waals surface area (Å²) in [6, 6.07) is 4.18. The molecule has 2 N–H and O–H groups in total. The summed E-state index contributed by atoms with van der Waals surface area (Å²) in [5.41, 5.74) is -2.11. The van der Waals surface area contributed by atoms with Crippen molar-refractivity contribution in [2.24, 2.45) is 0 Å². The van der Waals surface area contributed by atoms with Crippen molar-refractivity contribution in [3.63, 3.8) is 0 Å². The van der Waals surface area contributed by atoms with Crippen molar-refractivity contribution in [2.45, 2.75) is 12.7 Å². The van der Waals surface area contributed by atoms with Gasteiger partial charge in [-0.05, 0) is 17.7 Å². The second-order valence-electron chi connectivity index (χ2n) is 6.10. The fourth-order valence-electron chi connectivity index (χ4n) is 3.11. The van der Waals surface area contributed by atoms with Gasteiger partial charge in [-0.15, -0.1) is 0 Å². The molecule has 0 saturated carbocycles. The zero-order valence-electron chi connectivity index (χ0n) is 13.9. The third-order valence-electron chi connectivity index (χ3n) is 4.38. The van der Waals surface area contributed by atoms with Crippen LogP contribution in [0.4, 0.5) is 13.2 Å². The zero-order valence-corrected chi connectivity index (χ0v) is 13.9. The highest BCUT2D eigenvalue weighted by atomic mass is 19.4. The minimum atomic E-state index is -4.58. The van der Waals surface area contributed by atoms with Crippen molar-refractivity contribution in [2.75, 3.05) is 0 Å². The van der Waals surface area contributed by atoms with Crippen LogP contribution < -0.4 is 0 Å². The number of nitrogens with zero attached hydrogens (tertiary/aromatic N) is 3. The number of hydrogen-bond donors (Lipinski definition) is 2. The Morgan fingerprint density at radius 3 is 1.96 bits per heavy atom. The van der Waals surface area contributed by atoms with Gasteiger partial charge in [0.25, 0.3) is 11.8 Å². The van der Waals surface area contributed by atoms with Gasteiger partial charge >= 0.3 is 6.18 Å². The summed E-state index contributed by atoms with van der Waals surface area (Å²) in [7, 11) is 0. The minimum absolute atomic E-state index is 0.0594. The number of fused-ring (bicyclic) bond motifs is 2. The van der Waals surface area contributed by atoms with E-state index in [0.717, 1.165) is 18.2 Å². The van der Waals surface area contributed by atoms with Crippen LogP contribution in [0.25, 0.3) is 11.0 Å². The predicted molar refractivity (Wildman–Crippen MR) is 88.5 cm³/mol. The van der Waals surface area contributed by atoms with Gasteiger partial charge in [0.15, 0.2) is 11.5 Å². The molecular weight excluding hydrogens is 379 g/mol. The van der Waals surface area contributed by atoms with Crippen molar-refractivity contribution in [1.82, 2.24) is 14.9 Å². The number of phenols is 2. The van der Waals surface area contributed by atoms with Crippen molar-refractivity contribution >= 4 is 22.8 Å². The van der Waals surface area contributed by atoms with Crippen LogP contribution >= 0.6 is 0 Å². The van der Waals surface area contributed by atoms with Crippen LogP contribution in [0, 0.1) is 0 Å². The first-order chi connectivity index (χ1) is 13.2. The molecule has 3 aromatic rings. The highest BCUT2D eigenvalue weighted by Crippen LogP contribution is 2.42. The number of aromatic hydroxyl groups is 2. The number of rotatable bonds is 2. The van der Waals surface area contributed by atoms with Gasteiger partial charge in [0.05, 0.1) is 12.1 Å². The average molecular weight is 389 g/mol. The second kappa shape index (κ2) is 5.91. The Kier molecular flexibility index (Phi) is 3.74. The molecule has 0 saturated heterocycles. The van der Waals surface area contributed by atoms with Gasteiger partial charge in [-0.2, -0.15) is 13.2 Å². The number of alkyl halides is 3. The predicted octanol–water partition coefficient (Wildman–Crippen LogP) is 2.86. The fraction of sp³-hybridized carbons (Fsp3) is 0.111. The highest BCUT2D eigenvalue weighted by molar-refractivity contribution is 6.26. The van der Waals surface area contributed by atoms with E-state index in [-0.39, 0.29) is 16.6 Å². The standard InChI is InChI=1S/C18H10F3N3O4/c19-18(20,21)9-3-1-2-8(6-9)7-24-16(27)10-11(17(24)28)15(26)13-12(14(10)25)22-4-5-23-13/h1-6,25-26H,7H2. The van der Waals surface area contributed by atoms with Gasteiger partial charge < -0.3 is 10.2 Å². The maximum absolute atomic E-state index is 12.9. The molecule has 1 aliphatic heterocycles. The third kappa shape index (κ3) is 2.53. The van der Waals surface area contributed by atoms with Crippen LogP contribution in [0.15, 0.2) is 36.7 Å². The molecule has 0 aliphatic carbocycles. The van der Waals surface area contributed by atoms with Crippen LogP contribution in [0.5, 0.6) is 11.5 Å². The molecule has 142 valence electrons. The molecule has 0 spiro atoms. The minimum Gasteiger partial charge on any atom is -0.505 e. The molecule has 10 heteroatoms. The number of hydrogen-bond acceptors (Lipinski definition) is 6. The number of aromatic nitrogens is 2. The van der Waals surface area contributed by atoms with E-state index in [9.17, 15) is 33.0 Å². The lowest BCUT2D eigenvalue weighted by atomic mass is 10.1. The van der Waals surface area contributed by atoms with Gasteiger partial charge in [-0.1, -0.05) is 12.1 Å². The summed E-state index contributed by atoms with van der Waals surface area (Å²) >= 11 is 0. The smallest absolute Gasteiger partial charge is 0.416 e. The summed E-state index contributed by atoms with van der Waals surface area (Å²) < 4.78 is 38.7. The molecule has 0 fully saturated rings. The highest BCUT2D eigenvalue weighted by Gasteiger charge is 2.42. The summed E-state index contributed by atoms with van der Waals surface area (Å²) in [4.78, 5) is 33.7. The molecule has 1 aliphatic rings. The summed E-state index contributed by atoms with van der Waals surface area (Å²) in [6.07, 6.45) is -2.12. The van der Waals surface area contributed by atoms with E-state index in [2.05, 4.69) is 9.97 Å². The van der Waals surface area contributed by atoms with Gasteiger partial charge in [-0.25, -0.2) is 9.97 Å². The first kappa shape index (κ1) is 17.7. The Hall–Kier alpha value is -3.69. The largest absolute Gasteiger partial charge is 0.505 e. The summed E-state index contributed by atoms with van der Waals surface area (Å²) in [6.45, 7) is -0.466. The summed E-state index contributed by atoms with van der Waals surface area (Å²) in [5.74, 6) is -3.14.